The molecule has 0 radical (unpaired) electrons. The van der Waals surface area contributed by atoms with Crippen molar-refractivity contribution in [1.29, 1.82) is 0 Å². The van der Waals surface area contributed by atoms with Gasteiger partial charge in [0.1, 0.15) is 0 Å². The van der Waals surface area contributed by atoms with Crippen molar-refractivity contribution in [2.45, 2.75) is 31.9 Å². The highest BCUT2D eigenvalue weighted by Gasteiger charge is 2.27. The van der Waals surface area contributed by atoms with Gasteiger partial charge in [-0.1, -0.05) is 0 Å². The Balaban J connectivity index is 2.20. The molecule has 5 nitrogen and oxygen atoms in total. The van der Waals surface area contributed by atoms with Crippen molar-refractivity contribution in [2.75, 3.05) is 33.4 Å². The summed E-state index contributed by atoms with van der Waals surface area (Å²) in [4.78, 5) is 13.7. The summed E-state index contributed by atoms with van der Waals surface area (Å²) in [7, 11) is 1.65. The molecule has 0 aliphatic carbocycles. The molecule has 1 aliphatic rings. The number of nitrogens with zero attached hydrogens (tertiary/aromatic N) is 1. The summed E-state index contributed by atoms with van der Waals surface area (Å²) < 4.78 is 4.90. The fraction of sp³-hybridized carbons (Fsp3) is 0.909. The van der Waals surface area contributed by atoms with Crippen LogP contribution in [0.15, 0.2) is 0 Å². The third-order valence-electron chi connectivity index (χ3n) is 2.95. The molecule has 1 rings (SSSR count). The van der Waals surface area contributed by atoms with Crippen molar-refractivity contribution in [3.8, 4) is 0 Å². The van der Waals surface area contributed by atoms with Crippen LogP contribution in [0.1, 0.15) is 19.8 Å². The third kappa shape index (κ3) is 4.08. The summed E-state index contributed by atoms with van der Waals surface area (Å²) in [5, 5.41) is 12.3. The molecule has 0 aromatic heterocycles. The lowest BCUT2D eigenvalue weighted by Gasteiger charge is -2.22. The van der Waals surface area contributed by atoms with Crippen molar-refractivity contribution in [3.05, 3.63) is 0 Å². The Bertz CT molecular complexity index is 223. The van der Waals surface area contributed by atoms with Crippen LogP contribution in [-0.2, 0) is 9.53 Å². The van der Waals surface area contributed by atoms with E-state index in [1.807, 2.05) is 11.8 Å². The molecule has 2 N–H and O–H groups in total. The number of hydrogen-bond acceptors (Lipinski definition) is 4. The first kappa shape index (κ1) is 13.4. The number of aliphatic hydroxyl groups is 1. The first-order valence-corrected chi connectivity index (χ1v) is 5.84. The summed E-state index contributed by atoms with van der Waals surface area (Å²) in [5.41, 5.74) is 0. The molecule has 1 amide bonds. The highest BCUT2D eigenvalue weighted by molar-refractivity contribution is 5.81. The number of carbonyl (C=O) groups excluding carboxylic acids is 1. The van der Waals surface area contributed by atoms with Gasteiger partial charge in [0.25, 0.3) is 0 Å². The van der Waals surface area contributed by atoms with Crippen molar-refractivity contribution in [2.24, 2.45) is 0 Å². The second-order valence-corrected chi connectivity index (χ2v) is 4.25. The topological polar surface area (TPSA) is 61.8 Å². The molecule has 2 atom stereocenters. The van der Waals surface area contributed by atoms with Gasteiger partial charge in [-0.3, -0.25) is 9.69 Å². The van der Waals surface area contributed by atoms with Crippen LogP contribution in [0.4, 0.5) is 0 Å². The highest BCUT2D eigenvalue weighted by Crippen LogP contribution is 2.12. The molecular weight excluding hydrogens is 208 g/mol. The van der Waals surface area contributed by atoms with Crippen LogP contribution in [0, 0.1) is 0 Å². The van der Waals surface area contributed by atoms with E-state index in [-0.39, 0.29) is 18.1 Å². The number of methoxy groups -OCH3 is 1. The number of ether oxygens (including phenoxy) is 1. The molecule has 5 heteroatoms. The Morgan fingerprint density at radius 3 is 3.00 bits per heavy atom. The van der Waals surface area contributed by atoms with Crippen LogP contribution in [0.5, 0.6) is 0 Å². The zero-order chi connectivity index (χ0) is 12.0. The Labute approximate surface area is 96.8 Å². The summed E-state index contributed by atoms with van der Waals surface area (Å²) >= 11 is 0. The van der Waals surface area contributed by atoms with Gasteiger partial charge in [-0.15, -0.1) is 0 Å². The molecular formula is C11H22N2O3. The van der Waals surface area contributed by atoms with E-state index in [4.69, 9.17) is 4.74 Å². The molecule has 16 heavy (non-hydrogen) atoms. The second-order valence-electron chi connectivity index (χ2n) is 4.25. The molecule has 0 bridgehead atoms. The smallest absolute Gasteiger partial charge is 0.237 e. The van der Waals surface area contributed by atoms with Gasteiger partial charge < -0.3 is 15.2 Å². The number of likely N-dealkylation sites (tertiary alicyclic amines) is 1. The monoisotopic (exact) mass is 230 g/mol. The maximum Gasteiger partial charge on any atom is 0.237 e. The Morgan fingerprint density at radius 2 is 2.44 bits per heavy atom. The van der Waals surface area contributed by atoms with Gasteiger partial charge in [-0.05, 0) is 19.8 Å². The molecule has 94 valence electrons. The highest BCUT2D eigenvalue weighted by atomic mass is 16.5. The number of rotatable bonds is 6. The van der Waals surface area contributed by atoms with Gasteiger partial charge in [-0.25, -0.2) is 0 Å². The van der Waals surface area contributed by atoms with Gasteiger partial charge in [0, 0.05) is 33.4 Å². The molecule has 1 heterocycles. The summed E-state index contributed by atoms with van der Waals surface area (Å²) in [6.07, 6.45) is 1.32. The molecule has 0 spiro atoms. The van der Waals surface area contributed by atoms with E-state index < -0.39 is 0 Å². The second kappa shape index (κ2) is 6.83. The lowest BCUT2D eigenvalue weighted by Crippen LogP contribution is -2.44. The minimum atomic E-state index is -0.274. The van der Waals surface area contributed by atoms with Crippen molar-refractivity contribution < 1.29 is 14.6 Å². The van der Waals surface area contributed by atoms with Crippen LogP contribution >= 0.6 is 0 Å². The number of hydrogen-bond donors (Lipinski definition) is 2. The van der Waals surface area contributed by atoms with Crippen LogP contribution < -0.4 is 5.32 Å². The van der Waals surface area contributed by atoms with E-state index in [0.29, 0.717) is 19.7 Å². The number of nitrogens with one attached hydrogen (secondary N) is 1. The van der Waals surface area contributed by atoms with E-state index in [0.717, 1.165) is 19.4 Å². The van der Waals surface area contributed by atoms with E-state index in [1.54, 1.807) is 7.11 Å². The Morgan fingerprint density at radius 1 is 1.69 bits per heavy atom. The maximum atomic E-state index is 11.7. The van der Waals surface area contributed by atoms with Crippen LogP contribution in [0.2, 0.25) is 0 Å². The number of carbonyl (C=O) groups is 1. The summed E-state index contributed by atoms with van der Waals surface area (Å²) in [6, 6.07) is -0.153. The fourth-order valence-electron chi connectivity index (χ4n) is 1.86. The predicted molar refractivity (Wildman–Crippen MR) is 61.2 cm³/mol. The van der Waals surface area contributed by atoms with Crippen LogP contribution in [0.25, 0.3) is 0 Å². The zero-order valence-electron chi connectivity index (χ0n) is 10.1. The summed E-state index contributed by atoms with van der Waals surface area (Å²) in [5.74, 6) is 0.0326. The van der Waals surface area contributed by atoms with Crippen molar-refractivity contribution >= 4 is 5.91 Å². The van der Waals surface area contributed by atoms with Crippen LogP contribution in [0.3, 0.4) is 0 Å². The average Bonchev–Trinajstić information content (AvgIpc) is 2.70. The standard InChI is InChI=1S/C11H22N2O3/c1-9(13-6-4-10(14)8-13)11(15)12-5-3-7-16-2/h9-10,14H,3-8H2,1-2H3,(H,12,15)/t9?,10-/m0/s1. The minimum Gasteiger partial charge on any atom is -0.392 e. The number of amides is 1. The van der Waals surface area contributed by atoms with Gasteiger partial charge in [0.05, 0.1) is 12.1 Å². The molecule has 1 saturated heterocycles. The van der Waals surface area contributed by atoms with Gasteiger partial charge in [0.15, 0.2) is 0 Å². The van der Waals surface area contributed by atoms with Gasteiger partial charge >= 0.3 is 0 Å². The number of β-amino-alcohol motifs (C(OH)–C–C–N with tert-alkyl or cyclic N) is 1. The third-order valence-corrected chi connectivity index (χ3v) is 2.95. The SMILES string of the molecule is COCCCNC(=O)C(C)N1CC[C@H](O)C1. The normalized spacial score (nSPS) is 23.3. The quantitative estimate of drug-likeness (QED) is 0.609. The lowest BCUT2D eigenvalue weighted by molar-refractivity contribution is -0.125. The minimum absolute atomic E-state index is 0.0326. The average molecular weight is 230 g/mol. The number of aliphatic hydroxyl groups excluding tert-OH is 1. The van der Waals surface area contributed by atoms with Crippen molar-refractivity contribution in [1.82, 2.24) is 10.2 Å². The molecule has 1 fully saturated rings. The van der Waals surface area contributed by atoms with Crippen LogP contribution in [-0.4, -0.2) is 61.4 Å². The van der Waals surface area contributed by atoms with E-state index in [1.165, 1.54) is 0 Å². The van der Waals surface area contributed by atoms with Gasteiger partial charge in [-0.2, -0.15) is 0 Å². The predicted octanol–water partition coefficient (Wildman–Crippen LogP) is -0.406. The maximum absolute atomic E-state index is 11.7. The summed E-state index contributed by atoms with van der Waals surface area (Å²) in [6.45, 7) is 4.59. The largest absolute Gasteiger partial charge is 0.392 e. The lowest BCUT2D eigenvalue weighted by atomic mass is 10.2. The zero-order valence-corrected chi connectivity index (χ0v) is 10.1. The molecule has 0 aromatic carbocycles. The molecule has 1 aliphatic heterocycles. The van der Waals surface area contributed by atoms with E-state index in [2.05, 4.69) is 5.32 Å². The molecule has 1 unspecified atom stereocenters. The molecule has 0 saturated carbocycles. The first-order valence-electron chi connectivity index (χ1n) is 5.84. The van der Waals surface area contributed by atoms with Crippen molar-refractivity contribution in [3.63, 3.8) is 0 Å². The van der Waals surface area contributed by atoms with Gasteiger partial charge in [0.2, 0.25) is 5.91 Å². The van der Waals surface area contributed by atoms with E-state index >= 15 is 0 Å². The first-order chi connectivity index (χ1) is 7.65. The molecule has 0 aromatic rings. The fourth-order valence-corrected chi connectivity index (χ4v) is 1.86. The Kier molecular flexibility index (Phi) is 5.73. The van der Waals surface area contributed by atoms with E-state index in [9.17, 15) is 9.90 Å². The Hall–Kier alpha value is -0.650.